The summed E-state index contributed by atoms with van der Waals surface area (Å²) < 4.78 is 12.9. The van der Waals surface area contributed by atoms with Gasteiger partial charge in [-0.25, -0.2) is 0 Å². The molecule has 0 saturated carbocycles. The number of fused-ring (bicyclic) bond motifs is 8. The highest BCUT2D eigenvalue weighted by Crippen LogP contribution is 2.43. The van der Waals surface area contributed by atoms with Crippen molar-refractivity contribution in [3.63, 3.8) is 0 Å². The first-order chi connectivity index (χ1) is 25.7. The first-order valence-corrected chi connectivity index (χ1v) is 19.7. The summed E-state index contributed by atoms with van der Waals surface area (Å²) in [6, 6.07) is 17.0. The standard InChI is InChI=1S/C48H64N4O4/c1-45(2,3)35-17-27-13-31-21-37(47(7,8)9)23-33(43(31)55-25-39(49)50)15-29-19-36(46(4,5)6)20-30(42(29)54)16-34-24-38(48(10,11)12)22-32(14-28(18-35)41(27)53)44(34)56-26-40(51)52/h17-24,53-54H,13-16,25-26H2,1-12H3,(H3,49,50)(H3,51,52). The monoisotopic (exact) mass is 760 g/mol. The largest absolute Gasteiger partial charge is 0.507 e. The maximum Gasteiger partial charge on any atom is 0.145 e. The Balaban J connectivity index is 1.96. The number of nitrogens with two attached hydrogens (primary N) is 2. The van der Waals surface area contributed by atoms with Crippen molar-refractivity contribution < 1.29 is 19.7 Å². The van der Waals surface area contributed by atoms with Crippen LogP contribution in [-0.4, -0.2) is 35.1 Å². The molecule has 0 saturated heterocycles. The van der Waals surface area contributed by atoms with Crippen molar-refractivity contribution in [1.29, 1.82) is 10.8 Å². The molecule has 0 fully saturated rings. The number of hydrogen-bond donors (Lipinski definition) is 6. The molecule has 4 aromatic rings. The topological polar surface area (TPSA) is 159 Å². The van der Waals surface area contributed by atoms with Crippen LogP contribution in [0.4, 0.5) is 0 Å². The van der Waals surface area contributed by atoms with Crippen molar-refractivity contribution >= 4 is 11.7 Å². The lowest BCUT2D eigenvalue weighted by molar-refractivity contribution is 0.365. The molecule has 0 spiro atoms. The number of benzene rings is 4. The molecular weight excluding hydrogens is 697 g/mol. The Kier molecular flexibility index (Phi) is 11.4. The van der Waals surface area contributed by atoms with Crippen molar-refractivity contribution in [3.05, 3.63) is 115 Å². The fourth-order valence-electron chi connectivity index (χ4n) is 7.32. The van der Waals surface area contributed by atoms with E-state index in [2.05, 4.69) is 132 Å². The minimum atomic E-state index is -0.234. The molecule has 56 heavy (non-hydrogen) atoms. The summed E-state index contributed by atoms with van der Waals surface area (Å²) in [6.07, 6.45) is 1.42. The van der Waals surface area contributed by atoms with Crippen LogP contribution in [0.15, 0.2) is 48.5 Å². The number of phenolic OH excluding ortho intramolecular Hbond substituents is 2. The van der Waals surface area contributed by atoms with Crippen LogP contribution in [-0.2, 0) is 47.3 Å². The van der Waals surface area contributed by atoms with Crippen molar-refractivity contribution in [2.75, 3.05) is 13.2 Å². The predicted octanol–water partition coefficient (Wildman–Crippen LogP) is 9.59. The average Bonchev–Trinajstić information content (AvgIpc) is 3.04. The molecule has 5 rings (SSSR count). The Hall–Kier alpha value is -4.98. The zero-order valence-corrected chi connectivity index (χ0v) is 35.7. The molecule has 0 radical (unpaired) electrons. The first kappa shape index (κ1) is 42.2. The van der Waals surface area contributed by atoms with E-state index < -0.39 is 0 Å². The second-order valence-corrected chi connectivity index (χ2v) is 19.9. The molecular formula is C48H64N4O4. The van der Waals surface area contributed by atoms with Crippen LogP contribution < -0.4 is 20.9 Å². The summed E-state index contributed by atoms with van der Waals surface area (Å²) in [5.41, 5.74) is 21.7. The van der Waals surface area contributed by atoms with Crippen molar-refractivity contribution in [2.24, 2.45) is 11.5 Å². The van der Waals surface area contributed by atoms with E-state index in [0.717, 1.165) is 66.8 Å². The van der Waals surface area contributed by atoms with Crippen LogP contribution in [0.3, 0.4) is 0 Å². The van der Waals surface area contributed by atoms with Crippen LogP contribution in [0.2, 0.25) is 0 Å². The van der Waals surface area contributed by atoms with Gasteiger partial charge in [-0.15, -0.1) is 0 Å². The first-order valence-electron chi connectivity index (χ1n) is 19.7. The fourth-order valence-corrected chi connectivity index (χ4v) is 7.32. The summed E-state index contributed by atoms with van der Waals surface area (Å²) in [7, 11) is 0. The Morgan fingerprint density at radius 1 is 0.446 bits per heavy atom. The normalized spacial score (nSPS) is 13.6. The molecule has 4 aromatic carbocycles. The number of hydrogen-bond acceptors (Lipinski definition) is 6. The van der Waals surface area contributed by atoms with Crippen LogP contribution in [0.1, 0.15) is 150 Å². The minimum absolute atomic E-state index is 0.0952. The lowest BCUT2D eigenvalue weighted by Crippen LogP contribution is -2.21. The van der Waals surface area contributed by atoms with Crippen LogP contribution in [0.5, 0.6) is 23.0 Å². The maximum absolute atomic E-state index is 12.3. The maximum atomic E-state index is 12.3. The number of aromatic hydroxyl groups is 2. The number of amidine groups is 2. The Bertz CT molecular complexity index is 1920. The Labute approximate surface area is 334 Å². The van der Waals surface area contributed by atoms with Crippen molar-refractivity contribution in [3.8, 4) is 23.0 Å². The summed E-state index contributed by atoms with van der Waals surface area (Å²) in [6.45, 7) is 25.9. The van der Waals surface area contributed by atoms with Gasteiger partial charge in [0.15, 0.2) is 0 Å². The highest BCUT2D eigenvalue weighted by Gasteiger charge is 2.28. The SMILES string of the molecule is CC(C)(C)c1cc2c(O)c(c1)Cc1cc(C(C)(C)C)cc(c1OCC(=N)N)Cc1cc(C(C)(C)C)cc(c1O)Cc1cc(C(C)(C)C)cc(c1OCC(=N)N)C2. The fraction of sp³-hybridized carbons (Fsp3) is 0.458. The van der Waals surface area contributed by atoms with Gasteiger partial charge in [0.05, 0.1) is 0 Å². The quantitative estimate of drug-likeness (QED) is 0.0747. The van der Waals surface area contributed by atoms with Gasteiger partial charge in [0.1, 0.15) is 47.9 Å². The van der Waals surface area contributed by atoms with Gasteiger partial charge in [-0.2, -0.15) is 0 Å². The molecule has 8 N–H and O–H groups in total. The van der Waals surface area contributed by atoms with Gasteiger partial charge in [0.25, 0.3) is 0 Å². The molecule has 0 unspecified atom stereocenters. The van der Waals surface area contributed by atoms with Gasteiger partial charge in [-0.3, -0.25) is 10.8 Å². The van der Waals surface area contributed by atoms with E-state index in [-0.39, 0.29) is 58.0 Å². The highest BCUT2D eigenvalue weighted by molar-refractivity contribution is 5.79. The lowest BCUT2D eigenvalue weighted by Gasteiger charge is -2.28. The predicted molar refractivity (Wildman–Crippen MR) is 230 cm³/mol. The molecule has 1 aliphatic rings. The Morgan fingerprint density at radius 3 is 0.821 bits per heavy atom. The van der Waals surface area contributed by atoms with Crippen molar-refractivity contribution in [2.45, 2.75) is 130 Å². The van der Waals surface area contributed by atoms with E-state index in [1.165, 1.54) is 0 Å². The van der Waals surface area contributed by atoms with Crippen LogP contribution >= 0.6 is 0 Å². The lowest BCUT2D eigenvalue weighted by atomic mass is 9.79. The minimum Gasteiger partial charge on any atom is -0.507 e. The summed E-state index contributed by atoms with van der Waals surface area (Å²) >= 11 is 0. The summed E-state index contributed by atoms with van der Waals surface area (Å²) in [5.74, 6) is 1.41. The van der Waals surface area contributed by atoms with E-state index in [9.17, 15) is 10.2 Å². The zero-order valence-electron chi connectivity index (χ0n) is 35.7. The smallest absolute Gasteiger partial charge is 0.145 e. The molecule has 0 heterocycles. The van der Waals surface area contributed by atoms with Gasteiger partial charge in [-0.1, -0.05) is 132 Å². The number of rotatable bonds is 6. The van der Waals surface area contributed by atoms with E-state index in [1.807, 2.05) is 0 Å². The molecule has 0 aliphatic heterocycles. The van der Waals surface area contributed by atoms with Crippen LogP contribution in [0.25, 0.3) is 0 Å². The average molecular weight is 761 g/mol. The molecule has 0 atom stereocenters. The number of phenols is 2. The van der Waals surface area contributed by atoms with E-state index in [4.69, 9.17) is 31.8 Å². The van der Waals surface area contributed by atoms with Crippen LogP contribution in [0, 0.1) is 10.8 Å². The second-order valence-electron chi connectivity index (χ2n) is 19.9. The number of ether oxygens (including phenoxy) is 2. The zero-order chi connectivity index (χ0) is 41.7. The molecule has 1 aliphatic carbocycles. The third-order valence-corrected chi connectivity index (χ3v) is 10.8. The summed E-state index contributed by atoms with van der Waals surface area (Å²) in [5, 5.41) is 40.8. The molecule has 0 amide bonds. The Morgan fingerprint density at radius 2 is 0.643 bits per heavy atom. The van der Waals surface area contributed by atoms with Gasteiger partial charge in [0.2, 0.25) is 0 Å². The van der Waals surface area contributed by atoms with Gasteiger partial charge in [-0.05, 0) is 88.4 Å². The van der Waals surface area contributed by atoms with Gasteiger partial charge < -0.3 is 31.2 Å². The number of nitrogens with one attached hydrogen (secondary N) is 2. The second kappa shape index (κ2) is 15.2. The van der Waals surface area contributed by atoms with E-state index in [1.54, 1.807) is 0 Å². The highest BCUT2D eigenvalue weighted by atomic mass is 16.5. The third-order valence-electron chi connectivity index (χ3n) is 10.8. The third kappa shape index (κ3) is 9.51. The van der Waals surface area contributed by atoms with Crippen molar-refractivity contribution in [1.82, 2.24) is 0 Å². The molecule has 300 valence electrons. The van der Waals surface area contributed by atoms with E-state index in [0.29, 0.717) is 37.2 Å². The van der Waals surface area contributed by atoms with Gasteiger partial charge in [0, 0.05) is 25.7 Å². The summed E-state index contributed by atoms with van der Waals surface area (Å²) in [4.78, 5) is 0. The van der Waals surface area contributed by atoms with Gasteiger partial charge >= 0.3 is 0 Å². The van der Waals surface area contributed by atoms with E-state index >= 15 is 0 Å². The molecule has 8 heteroatoms. The molecule has 8 bridgehead atoms. The molecule has 8 nitrogen and oxygen atoms in total. The molecule has 0 aromatic heterocycles.